The fourth-order valence-electron chi connectivity index (χ4n) is 2.79. The van der Waals surface area contributed by atoms with Gasteiger partial charge in [-0.1, -0.05) is 23.4 Å². The van der Waals surface area contributed by atoms with Gasteiger partial charge >= 0.3 is 5.97 Å². The lowest BCUT2D eigenvalue weighted by atomic mass is 9.89. The van der Waals surface area contributed by atoms with E-state index >= 15 is 0 Å². The van der Waals surface area contributed by atoms with Gasteiger partial charge in [-0.15, -0.1) is 0 Å². The Balaban J connectivity index is 1.87. The van der Waals surface area contributed by atoms with Gasteiger partial charge in [0, 0.05) is 18.3 Å². The van der Waals surface area contributed by atoms with Gasteiger partial charge < -0.3 is 14.2 Å². The van der Waals surface area contributed by atoms with Gasteiger partial charge in [-0.3, -0.25) is 9.59 Å². The molecule has 1 aromatic heterocycles. The van der Waals surface area contributed by atoms with Crippen LogP contribution in [0, 0.1) is 0 Å². The van der Waals surface area contributed by atoms with E-state index in [0.29, 0.717) is 18.7 Å². The smallest absolute Gasteiger partial charge is 0.313 e. The summed E-state index contributed by atoms with van der Waals surface area (Å²) < 4.78 is 9.62. The van der Waals surface area contributed by atoms with Crippen LogP contribution < -0.4 is 4.90 Å². The molecular weight excluding hydrogens is 284 g/mol. The van der Waals surface area contributed by atoms with Crippen LogP contribution in [0.25, 0.3) is 0 Å². The van der Waals surface area contributed by atoms with Gasteiger partial charge in [0.1, 0.15) is 6.26 Å². The summed E-state index contributed by atoms with van der Waals surface area (Å²) in [5.74, 6) is -0.655. The van der Waals surface area contributed by atoms with E-state index in [2.05, 4.69) is 5.16 Å². The molecule has 1 amide bonds. The zero-order chi connectivity index (χ0) is 15.5. The Labute approximate surface area is 127 Å². The van der Waals surface area contributed by atoms with Crippen molar-refractivity contribution in [1.82, 2.24) is 5.16 Å². The van der Waals surface area contributed by atoms with Gasteiger partial charge in [0.2, 0.25) is 5.91 Å². The molecule has 1 aliphatic rings. The third-order valence-corrected chi connectivity index (χ3v) is 3.85. The number of benzene rings is 1. The summed E-state index contributed by atoms with van der Waals surface area (Å²) in [6.07, 6.45) is 2.17. The van der Waals surface area contributed by atoms with E-state index < -0.39 is 0 Å². The number of hydrogen-bond donors (Lipinski definition) is 0. The van der Waals surface area contributed by atoms with E-state index in [4.69, 9.17) is 9.26 Å². The molecule has 0 fully saturated rings. The largest absolute Gasteiger partial charge is 0.469 e. The minimum Gasteiger partial charge on any atom is -0.469 e. The highest BCUT2D eigenvalue weighted by Crippen LogP contribution is 2.36. The number of para-hydroxylation sites is 1. The molecule has 0 saturated heterocycles. The highest BCUT2D eigenvalue weighted by Gasteiger charge is 2.33. The number of methoxy groups -OCH3 is 1. The van der Waals surface area contributed by atoms with Gasteiger partial charge in [-0.2, -0.15) is 0 Å². The Morgan fingerprint density at radius 2 is 2.18 bits per heavy atom. The first-order valence-corrected chi connectivity index (χ1v) is 7.07. The molecule has 0 radical (unpaired) electrons. The molecular formula is C16H16N2O4. The number of anilines is 1. The van der Waals surface area contributed by atoms with Gasteiger partial charge in [0.15, 0.2) is 0 Å². The van der Waals surface area contributed by atoms with Crippen molar-refractivity contribution in [2.75, 3.05) is 18.6 Å². The molecule has 1 aliphatic heterocycles. The lowest BCUT2D eigenvalue weighted by molar-refractivity contribution is -0.142. The van der Waals surface area contributed by atoms with Crippen molar-refractivity contribution in [2.45, 2.75) is 18.8 Å². The van der Waals surface area contributed by atoms with Crippen molar-refractivity contribution in [3.63, 3.8) is 0 Å². The normalized spacial score (nSPS) is 17.0. The molecule has 114 valence electrons. The molecule has 3 rings (SSSR count). The molecule has 0 N–H and O–H groups in total. The van der Waals surface area contributed by atoms with Crippen LogP contribution >= 0.6 is 0 Å². The Hall–Kier alpha value is -2.63. The summed E-state index contributed by atoms with van der Waals surface area (Å²) in [6.45, 7) is 0.480. The van der Waals surface area contributed by atoms with Gasteiger partial charge in [-0.05, 0) is 18.1 Å². The highest BCUT2D eigenvalue weighted by molar-refractivity contribution is 5.97. The molecule has 2 heterocycles. The zero-order valence-electron chi connectivity index (χ0n) is 12.2. The van der Waals surface area contributed by atoms with Crippen LogP contribution in [-0.4, -0.2) is 30.7 Å². The van der Waals surface area contributed by atoms with Crippen molar-refractivity contribution in [2.24, 2.45) is 0 Å². The van der Waals surface area contributed by atoms with Crippen LogP contribution in [0.4, 0.5) is 5.69 Å². The first-order valence-electron chi connectivity index (χ1n) is 7.07. The van der Waals surface area contributed by atoms with E-state index in [-0.39, 0.29) is 24.2 Å². The molecule has 2 aromatic rings. The Morgan fingerprint density at radius 3 is 2.91 bits per heavy atom. The zero-order valence-corrected chi connectivity index (χ0v) is 12.2. The van der Waals surface area contributed by atoms with Gasteiger partial charge in [0.25, 0.3) is 0 Å². The average molecular weight is 300 g/mol. The second-order valence-corrected chi connectivity index (χ2v) is 5.14. The lowest BCUT2D eigenvalue weighted by Gasteiger charge is -2.33. The predicted octanol–water partition coefficient (Wildman–Crippen LogP) is 1.91. The second kappa shape index (κ2) is 6.01. The SMILES string of the molecule is COC(=O)C1CCN(C(=O)Cc2ccon2)c2ccccc21. The molecule has 6 heteroatoms. The van der Waals surface area contributed by atoms with Crippen LogP contribution in [-0.2, 0) is 20.7 Å². The van der Waals surface area contributed by atoms with Crippen LogP contribution in [0.1, 0.15) is 23.6 Å². The predicted molar refractivity (Wildman–Crippen MR) is 78.4 cm³/mol. The van der Waals surface area contributed by atoms with E-state index in [1.165, 1.54) is 13.4 Å². The third-order valence-electron chi connectivity index (χ3n) is 3.85. The fraction of sp³-hybridized carbons (Fsp3) is 0.312. The topological polar surface area (TPSA) is 72.6 Å². The first-order chi connectivity index (χ1) is 10.7. The number of nitrogens with zero attached hydrogens (tertiary/aromatic N) is 2. The number of rotatable bonds is 3. The standard InChI is InChI=1S/C16H16N2O4/c1-21-16(20)13-6-8-18(14-5-3-2-4-12(13)14)15(19)10-11-7-9-22-17-11/h2-5,7,9,13H,6,8,10H2,1H3. The molecule has 22 heavy (non-hydrogen) atoms. The van der Waals surface area contributed by atoms with E-state index in [9.17, 15) is 9.59 Å². The molecule has 0 aliphatic carbocycles. The summed E-state index contributed by atoms with van der Waals surface area (Å²) >= 11 is 0. The molecule has 0 spiro atoms. The maximum Gasteiger partial charge on any atom is 0.313 e. The summed E-state index contributed by atoms with van der Waals surface area (Å²) in [5, 5.41) is 3.77. The highest BCUT2D eigenvalue weighted by atomic mass is 16.5. The Bertz CT molecular complexity index is 681. The van der Waals surface area contributed by atoms with Gasteiger partial charge in [0.05, 0.1) is 25.1 Å². The number of aromatic nitrogens is 1. The summed E-state index contributed by atoms with van der Waals surface area (Å²) in [6, 6.07) is 9.11. The molecule has 6 nitrogen and oxygen atoms in total. The van der Waals surface area contributed by atoms with Crippen molar-refractivity contribution in [3.05, 3.63) is 47.9 Å². The maximum absolute atomic E-state index is 12.5. The Morgan fingerprint density at radius 1 is 1.36 bits per heavy atom. The molecule has 1 atom stereocenters. The molecule has 1 aromatic carbocycles. The summed E-state index contributed by atoms with van der Waals surface area (Å²) in [4.78, 5) is 26.1. The fourth-order valence-corrected chi connectivity index (χ4v) is 2.79. The molecule has 0 bridgehead atoms. The monoisotopic (exact) mass is 300 g/mol. The quantitative estimate of drug-likeness (QED) is 0.810. The number of fused-ring (bicyclic) bond motifs is 1. The average Bonchev–Trinajstić information content (AvgIpc) is 3.06. The molecule has 1 unspecified atom stereocenters. The van der Waals surface area contributed by atoms with Crippen LogP contribution in [0.15, 0.2) is 41.1 Å². The van der Waals surface area contributed by atoms with E-state index in [1.807, 2.05) is 24.3 Å². The molecule has 0 saturated carbocycles. The summed E-state index contributed by atoms with van der Waals surface area (Å²) in [7, 11) is 1.38. The number of carbonyl (C=O) groups is 2. The Kier molecular flexibility index (Phi) is 3.91. The maximum atomic E-state index is 12.5. The van der Waals surface area contributed by atoms with E-state index in [1.54, 1.807) is 11.0 Å². The van der Waals surface area contributed by atoms with Crippen molar-refractivity contribution < 1.29 is 18.8 Å². The third kappa shape index (κ3) is 2.59. The number of hydrogen-bond acceptors (Lipinski definition) is 5. The van der Waals surface area contributed by atoms with Crippen molar-refractivity contribution >= 4 is 17.6 Å². The van der Waals surface area contributed by atoms with Gasteiger partial charge in [-0.25, -0.2) is 0 Å². The van der Waals surface area contributed by atoms with E-state index in [0.717, 1.165) is 11.3 Å². The minimum absolute atomic E-state index is 0.0651. The number of ether oxygens (including phenoxy) is 1. The second-order valence-electron chi connectivity index (χ2n) is 5.14. The lowest BCUT2D eigenvalue weighted by Crippen LogP contribution is -2.39. The van der Waals surface area contributed by atoms with Crippen molar-refractivity contribution in [3.8, 4) is 0 Å². The number of carbonyl (C=O) groups excluding carboxylic acids is 2. The van der Waals surface area contributed by atoms with Crippen LogP contribution in [0.2, 0.25) is 0 Å². The summed E-state index contributed by atoms with van der Waals surface area (Å²) in [5.41, 5.74) is 2.18. The number of amides is 1. The van der Waals surface area contributed by atoms with Crippen molar-refractivity contribution in [1.29, 1.82) is 0 Å². The number of esters is 1. The van der Waals surface area contributed by atoms with Crippen LogP contribution in [0.5, 0.6) is 0 Å². The first kappa shape index (κ1) is 14.3. The van der Waals surface area contributed by atoms with Crippen LogP contribution in [0.3, 0.4) is 0 Å². The minimum atomic E-state index is -0.322.